The van der Waals surface area contributed by atoms with E-state index in [1.165, 1.54) is 6.07 Å². The van der Waals surface area contributed by atoms with Gasteiger partial charge in [-0.25, -0.2) is 8.42 Å². The lowest BCUT2D eigenvalue weighted by Gasteiger charge is -2.31. The van der Waals surface area contributed by atoms with E-state index in [4.69, 9.17) is 0 Å². The van der Waals surface area contributed by atoms with Crippen LogP contribution >= 0.6 is 0 Å². The Labute approximate surface area is 151 Å². The molecule has 1 saturated heterocycles. The summed E-state index contributed by atoms with van der Waals surface area (Å²) in [5.74, 6) is -0.458. The topological polar surface area (TPSA) is 66.5 Å². The van der Waals surface area contributed by atoms with Crippen molar-refractivity contribution < 1.29 is 26.4 Å². The molecular weight excluding hydrogens is 369 g/mol. The fourth-order valence-electron chi connectivity index (χ4n) is 2.89. The lowest BCUT2D eigenvalue weighted by atomic mass is 9.97. The van der Waals surface area contributed by atoms with E-state index in [9.17, 15) is 26.4 Å². The number of rotatable bonds is 5. The number of nitrogens with one attached hydrogen (secondary N) is 1. The second-order valence-electron chi connectivity index (χ2n) is 6.49. The van der Waals surface area contributed by atoms with Crippen molar-refractivity contribution in [3.8, 4) is 0 Å². The van der Waals surface area contributed by atoms with Crippen molar-refractivity contribution in [1.82, 2.24) is 9.62 Å². The maximum absolute atomic E-state index is 13.1. The van der Waals surface area contributed by atoms with Crippen LogP contribution in [0.5, 0.6) is 0 Å². The molecular formula is C17H23F3N2O3S. The molecule has 1 fully saturated rings. The number of sulfonamides is 1. The van der Waals surface area contributed by atoms with E-state index in [0.29, 0.717) is 0 Å². The maximum atomic E-state index is 13.1. The molecule has 1 heterocycles. The fourth-order valence-corrected chi connectivity index (χ4v) is 4.57. The molecule has 0 bridgehead atoms. The first-order valence-electron chi connectivity index (χ1n) is 8.54. The van der Waals surface area contributed by atoms with Crippen molar-refractivity contribution in [2.75, 3.05) is 13.1 Å². The fraction of sp³-hybridized carbons (Fsp3) is 0.588. The molecule has 2 rings (SSSR count). The molecule has 9 heteroatoms. The van der Waals surface area contributed by atoms with Crippen LogP contribution in [-0.4, -0.2) is 37.8 Å². The highest BCUT2D eigenvalue weighted by atomic mass is 32.2. The van der Waals surface area contributed by atoms with Crippen molar-refractivity contribution in [3.05, 3.63) is 29.8 Å². The Hall–Kier alpha value is -1.61. The van der Waals surface area contributed by atoms with Crippen molar-refractivity contribution >= 4 is 15.9 Å². The summed E-state index contributed by atoms with van der Waals surface area (Å²) < 4.78 is 65.8. The molecule has 1 aliphatic rings. The van der Waals surface area contributed by atoms with Gasteiger partial charge in [-0.05, 0) is 38.3 Å². The first kappa shape index (κ1) is 20.7. The minimum atomic E-state index is -4.75. The molecule has 0 radical (unpaired) electrons. The Kier molecular flexibility index (Phi) is 6.33. The molecule has 1 aromatic rings. The van der Waals surface area contributed by atoms with E-state index in [1.54, 1.807) is 0 Å². The van der Waals surface area contributed by atoms with E-state index in [0.717, 1.165) is 28.9 Å². The van der Waals surface area contributed by atoms with E-state index in [-0.39, 0.29) is 43.8 Å². The standard InChI is InChI=1S/C17H23F3N2O3S/c1-3-12(2)21-16(23)13-8-10-22(11-9-13)26(24,25)15-7-5-4-6-14(15)17(18,19)20/h4-7,12-13H,3,8-11H2,1-2H3,(H,21,23). The van der Waals surface area contributed by atoms with Crippen LogP contribution in [-0.2, 0) is 21.0 Å². The summed E-state index contributed by atoms with van der Waals surface area (Å²) in [6.45, 7) is 3.87. The minimum absolute atomic E-state index is 0.0209. The monoisotopic (exact) mass is 392 g/mol. The van der Waals surface area contributed by atoms with Gasteiger partial charge in [0.15, 0.2) is 0 Å². The molecule has 0 saturated carbocycles. The van der Waals surface area contributed by atoms with Crippen LogP contribution in [0.3, 0.4) is 0 Å². The molecule has 1 aliphatic heterocycles. The Morgan fingerprint density at radius 2 is 1.85 bits per heavy atom. The summed E-state index contributed by atoms with van der Waals surface area (Å²) in [5.41, 5.74) is -1.17. The number of alkyl halides is 3. The Balaban J connectivity index is 2.13. The summed E-state index contributed by atoms with van der Waals surface area (Å²) in [7, 11) is -4.27. The molecule has 146 valence electrons. The number of piperidine rings is 1. The third kappa shape index (κ3) is 4.56. The van der Waals surface area contributed by atoms with Crippen LogP contribution in [0.25, 0.3) is 0 Å². The molecule has 5 nitrogen and oxygen atoms in total. The van der Waals surface area contributed by atoms with Crippen LogP contribution in [0, 0.1) is 5.92 Å². The Morgan fingerprint density at radius 3 is 2.38 bits per heavy atom. The average Bonchev–Trinajstić information content (AvgIpc) is 2.61. The molecule has 0 spiro atoms. The number of hydrogen-bond acceptors (Lipinski definition) is 3. The van der Waals surface area contributed by atoms with E-state index in [1.807, 2.05) is 13.8 Å². The first-order chi connectivity index (χ1) is 12.1. The summed E-state index contributed by atoms with van der Waals surface area (Å²) in [6.07, 6.45) is -3.39. The number of benzene rings is 1. The van der Waals surface area contributed by atoms with E-state index >= 15 is 0 Å². The smallest absolute Gasteiger partial charge is 0.353 e. The number of nitrogens with zero attached hydrogens (tertiary/aromatic N) is 1. The van der Waals surface area contributed by atoms with Crippen molar-refractivity contribution in [2.24, 2.45) is 5.92 Å². The normalized spacial score (nSPS) is 18.5. The molecule has 0 aromatic heterocycles. The van der Waals surface area contributed by atoms with Crippen LogP contribution in [0.1, 0.15) is 38.7 Å². The van der Waals surface area contributed by atoms with E-state index < -0.39 is 26.7 Å². The highest BCUT2D eigenvalue weighted by Gasteiger charge is 2.40. The van der Waals surface area contributed by atoms with Crippen molar-refractivity contribution in [2.45, 2.75) is 50.2 Å². The van der Waals surface area contributed by atoms with Crippen molar-refractivity contribution in [3.63, 3.8) is 0 Å². The lowest BCUT2D eigenvalue weighted by Crippen LogP contribution is -2.44. The van der Waals surface area contributed by atoms with Gasteiger partial charge in [0.1, 0.15) is 0 Å². The highest BCUT2D eigenvalue weighted by Crippen LogP contribution is 2.36. The third-order valence-electron chi connectivity index (χ3n) is 4.64. The lowest BCUT2D eigenvalue weighted by molar-refractivity contribution is -0.139. The second-order valence-corrected chi connectivity index (χ2v) is 8.40. The van der Waals surface area contributed by atoms with Crippen molar-refractivity contribution in [1.29, 1.82) is 0 Å². The van der Waals surface area contributed by atoms with Gasteiger partial charge in [-0.3, -0.25) is 4.79 Å². The molecule has 26 heavy (non-hydrogen) atoms. The zero-order valence-electron chi connectivity index (χ0n) is 14.7. The zero-order chi connectivity index (χ0) is 19.5. The van der Waals surface area contributed by atoms with Gasteiger partial charge in [-0.15, -0.1) is 0 Å². The van der Waals surface area contributed by atoms with Crippen LogP contribution < -0.4 is 5.32 Å². The predicted octanol–water partition coefficient (Wildman–Crippen LogP) is 3.02. The first-order valence-corrected chi connectivity index (χ1v) is 9.98. The molecule has 1 unspecified atom stereocenters. The molecule has 1 amide bonds. The summed E-state index contributed by atoms with van der Waals surface area (Å²) in [6, 6.07) is 4.20. The highest BCUT2D eigenvalue weighted by molar-refractivity contribution is 7.89. The number of amides is 1. The summed E-state index contributed by atoms with van der Waals surface area (Å²) >= 11 is 0. The van der Waals surface area contributed by atoms with Gasteiger partial charge in [0.05, 0.1) is 10.5 Å². The van der Waals surface area contributed by atoms with Gasteiger partial charge >= 0.3 is 6.18 Å². The molecule has 0 aliphatic carbocycles. The van der Waals surface area contributed by atoms with Gasteiger partial charge in [0.25, 0.3) is 0 Å². The SMILES string of the molecule is CCC(C)NC(=O)C1CCN(S(=O)(=O)c2ccccc2C(F)(F)F)CC1. The van der Waals surface area contributed by atoms with Gasteiger partial charge in [0.2, 0.25) is 15.9 Å². The van der Waals surface area contributed by atoms with Crippen LogP contribution in [0.15, 0.2) is 29.2 Å². The number of carbonyl (C=O) groups excluding carboxylic acids is 1. The largest absolute Gasteiger partial charge is 0.417 e. The summed E-state index contributed by atoms with van der Waals surface area (Å²) in [4.78, 5) is 11.4. The van der Waals surface area contributed by atoms with Crippen LogP contribution in [0.2, 0.25) is 0 Å². The predicted molar refractivity (Wildman–Crippen MR) is 90.8 cm³/mol. The molecule has 1 N–H and O–H groups in total. The third-order valence-corrected chi connectivity index (χ3v) is 6.59. The van der Waals surface area contributed by atoms with Gasteiger partial charge < -0.3 is 5.32 Å². The number of hydrogen-bond donors (Lipinski definition) is 1. The number of halogens is 3. The van der Waals surface area contributed by atoms with E-state index in [2.05, 4.69) is 5.32 Å². The molecule has 1 atom stereocenters. The quantitative estimate of drug-likeness (QED) is 0.838. The minimum Gasteiger partial charge on any atom is -0.353 e. The average molecular weight is 392 g/mol. The number of carbonyl (C=O) groups is 1. The molecule has 1 aromatic carbocycles. The van der Waals surface area contributed by atoms with Gasteiger partial charge in [0, 0.05) is 25.0 Å². The second kappa shape index (κ2) is 7.96. The maximum Gasteiger partial charge on any atom is 0.417 e. The summed E-state index contributed by atoms with van der Waals surface area (Å²) in [5, 5.41) is 2.86. The van der Waals surface area contributed by atoms with Crippen LogP contribution in [0.4, 0.5) is 13.2 Å². The zero-order valence-corrected chi connectivity index (χ0v) is 15.5. The van der Waals surface area contributed by atoms with Gasteiger partial charge in [-0.1, -0.05) is 19.1 Å². The van der Waals surface area contributed by atoms with Gasteiger partial charge in [-0.2, -0.15) is 17.5 Å². The Bertz CT molecular complexity index is 742. The Morgan fingerprint density at radius 1 is 1.27 bits per heavy atom.